The lowest BCUT2D eigenvalue weighted by Crippen LogP contribution is -2.49. The van der Waals surface area contributed by atoms with Gasteiger partial charge in [0.25, 0.3) is 0 Å². The lowest BCUT2D eigenvalue weighted by atomic mass is 9.75. The first-order chi connectivity index (χ1) is 14.6. The highest BCUT2D eigenvalue weighted by Gasteiger charge is 2.39. The third-order valence-corrected chi connectivity index (χ3v) is 7.52. The number of benzene rings is 1. The molecule has 1 saturated carbocycles. The summed E-state index contributed by atoms with van der Waals surface area (Å²) in [6, 6.07) is 9.04. The summed E-state index contributed by atoms with van der Waals surface area (Å²) < 4.78 is 5.35. The number of ether oxygens (including phenoxy) is 1. The minimum Gasteiger partial charge on any atom is -0.497 e. The summed E-state index contributed by atoms with van der Waals surface area (Å²) in [5.41, 5.74) is 7.80. The largest absolute Gasteiger partial charge is 0.497 e. The number of aliphatic hydroxyl groups is 1. The lowest BCUT2D eigenvalue weighted by molar-refractivity contribution is -0.135. The standard InChI is InChI=1S/C24H37N3O3/c1-30-19-7-4-6-18(14-19)15-24(17-28)12-5-13-27(16-24)23(29)11-10-22-20-8-2-3-9-21(20)25-26-22/h4,6-7,14,20-22,25-26,28H,2-3,5,8-13,15-17H2,1H3. The van der Waals surface area contributed by atoms with Crippen molar-refractivity contribution >= 4 is 5.91 Å². The number of amides is 1. The molecule has 3 aliphatic rings. The normalized spacial score (nSPS) is 31.4. The molecule has 3 N–H and O–H groups in total. The number of fused-ring (bicyclic) bond motifs is 1. The van der Waals surface area contributed by atoms with E-state index in [1.165, 1.54) is 25.7 Å². The molecule has 0 bridgehead atoms. The molecule has 1 aromatic carbocycles. The Labute approximate surface area is 180 Å². The molecule has 0 radical (unpaired) electrons. The smallest absolute Gasteiger partial charge is 0.222 e. The van der Waals surface area contributed by atoms with Gasteiger partial charge >= 0.3 is 0 Å². The molecule has 4 rings (SSSR count). The van der Waals surface area contributed by atoms with Gasteiger partial charge in [-0.2, -0.15) is 0 Å². The van der Waals surface area contributed by atoms with Crippen LogP contribution in [-0.2, 0) is 11.2 Å². The monoisotopic (exact) mass is 415 g/mol. The molecule has 0 spiro atoms. The Kier molecular flexibility index (Phi) is 6.96. The van der Waals surface area contributed by atoms with Crippen LogP contribution in [0, 0.1) is 11.3 Å². The number of methoxy groups -OCH3 is 1. The number of likely N-dealkylation sites (tertiary alicyclic amines) is 1. The summed E-state index contributed by atoms with van der Waals surface area (Å²) in [6.07, 6.45) is 9.28. The van der Waals surface area contributed by atoms with Crippen LogP contribution in [0.4, 0.5) is 0 Å². The summed E-state index contributed by atoms with van der Waals surface area (Å²) in [5.74, 6) is 1.74. The molecule has 6 nitrogen and oxygen atoms in total. The molecule has 6 heteroatoms. The van der Waals surface area contributed by atoms with E-state index in [-0.39, 0.29) is 17.9 Å². The predicted octanol–water partition coefficient (Wildman–Crippen LogP) is 2.65. The zero-order valence-corrected chi connectivity index (χ0v) is 18.2. The highest BCUT2D eigenvalue weighted by molar-refractivity contribution is 5.76. The van der Waals surface area contributed by atoms with Crippen LogP contribution in [0.2, 0.25) is 0 Å². The number of carbonyl (C=O) groups is 1. The van der Waals surface area contributed by atoms with Gasteiger partial charge in [0.05, 0.1) is 13.7 Å². The fourth-order valence-corrected chi connectivity index (χ4v) is 5.83. The second kappa shape index (κ2) is 9.67. The molecule has 1 amide bonds. The van der Waals surface area contributed by atoms with Gasteiger partial charge < -0.3 is 14.7 Å². The number of nitrogens with one attached hydrogen (secondary N) is 2. The highest BCUT2D eigenvalue weighted by Crippen LogP contribution is 2.35. The van der Waals surface area contributed by atoms with Gasteiger partial charge in [-0.3, -0.25) is 15.6 Å². The fraction of sp³-hybridized carbons (Fsp3) is 0.708. The average Bonchev–Trinajstić information content (AvgIpc) is 3.21. The molecular formula is C24H37N3O3. The molecule has 2 aliphatic heterocycles. The summed E-state index contributed by atoms with van der Waals surface area (Å²) in [6.45, 7) is 1.55. The van der Waals surface area contributed by atoms with Gasteiger partial charge in [0.2, 0.25) is 5.91 Å². The number of rotatable bonds is 7. The second-order valence-electron chi connectivity index (χ2n) is 9.59. The van der Waals surface area contributed by atoms with Crippen LogP contribution in [0.15, 0.2) is 24.3 Å². The molecule has 1 aliphatic carbocycles. The maximum atomic E-state index is 13.0. The summed E-state index contributed by atoms with van der Waals surface area (Å²) >= 11 is 0. The quantitative estimate of drug-likeness (QED) is 0.639. The number of carbonyl (C=O) groups excluding carboxylic acids is 1. The molecule has 2 saturated heterocycles. The van der Waals surface area contributed by atoms with Gasteiger partial charge in [0.1, 0.15) is 5.75 Å². The van der Waals surface area contributed by atoms with E-state index in [1.54, 1.807) is 7.11 Å². The van der Waals surface area contributed by atoms with E-state index in [0.717, 1.165) is 43.5 Å². The Bertz CT molecular complexity index is 727. The minimum atomic E-state index is -0.262. The van der Waals surface area contributed by atoms with Crippen molar-refractivity contribution in [2.24, 2.45) is 11.3 Å². The van der Waals surface area contributed by atoms with Crippen molar-refractivity contribution in [1.82, 2.24) is 15.8 Å². The highest BCUT2D eigenvalue weighted by atomic mass is 16.5. The molecule has 30 heavy (non-hydrogen) atoms. The van der Waals surface area contributed by atoms with Crippen molar-refractivity contribution in [3.8, 4) is 5.75 Å². The molecule has 2 heterocycles. The van der Waals surface area contributed by atoms with Crippen molar-refractivity contribution in [2.75, 3.05) is 26.8 Å². The first-order valence-electron chi connectivity index (χ1n) is 11.7. The number of piperidine rings is 1. The van der Waals surface area contributed by atoms with Crippen molar-refractivity contribution in [3.05, 3.63) is 29.8 Å². The molecule has 4 atom stereocenters. The van der Waals surface area contributed by atoms with Crippen LogP contribution in [0.1, 0.15) is 56.9 Å². The first kappa shape index (κ1) is 21.6. The second-order valence-corrected chi connectivity index (χ2v) is 9.59. The van der Waals surface area contributed by atoms with Crippen LogP contribution in [-0.4, -0.2) is 54.8 Å². The van der Waals surface area contributed by atoms with Crippen LogP contribution < -0.4 is 15.6 Å². The molecule has 3 fully saturated rings. The van der Waals surface area contributed by atoms with E-state index in [2.05, 4.69) is 16.9 Å². The van der Waals surface area contributed by atoms with Crippen molar-refractivity contribution in [2.45, 2.75) is 69.9 Å². The fourth-order valence-electron chi connectivity index (χ4n) is 5.83. The van der Waals surface area contributed by atoms with E-state index < -0.39 is 0 Å². The predicted molar refractivity (Wildman–Crippen MR) is 117 cm³/mol. The van der Waals surface area contributed by atoms with Gasteiger partial charge in [0.15, 0.2) is 0 Å². The summed E-state index contributed by atoms with van der Waals surface area (Å²) in [5, 5.41) is 10.3. The zero-order valence-electron chi connectivity index (χ0n) is 18.2. The van der Waals surface area contributed by atoms with Gasteiger partial charge in [0, 0.05) is 37.0 Å². The van der Waals surface area contributed by atoms with E-state index >= 15 is 0 Å². The third kappa shape index (κ3) is 4.82. The van der Waals surface area contributed by atoms with Gasteiger partial charge in [-0.15, -0.1) is 0 Å². The van der Waals surface area contributed by atoms with E-state index in [4.69, 9.17) is 4.74 Å². The summed E-state index contributed by atoms with van der Waals surface area (Å²) in [4.78, 5) is 15.0. The average molecular weight is 416 g/mol. The zero-order chi connectivity index (χ0) is 21.0. The first-order valence-corrected chi connectivity index (χ1v) is 11.7. The maximum absolute atomic E-state index is 13.0. The topological polar surface area (TPSA) is 73.8 Å². The lowest BCUT2D eigenvalue weighted by Gasteiger charge is -2.42. The van der Waals surface area contributed by atoms with Gasteiger partial charge in [-0.05, 0) is 62.1 Å². The molecule has 1 aromatic rings. The SMILES string of the molecule is COc1cccc(CC2(CO)CCCN(C(=O)CCC3NNC4CCCCC43)C2)c1. The van der Waals surface area contributed by atoms with Crippen molar-refractivity contribution in [3.63, 3.8) is 0 Å². The molecule has 4 unspecified atom stereocenters. The number of aliphatic hydroxyl groups excluding tert-OH is 1. The van der Waals surface area contributed by atoms with E-state index in [0.29, 0.717) is 31.0 Å². The van der Waals surface area contributed by atoms with E-state index in [9.17, 15) is 9.90 Å². The Hall–Kier alpha value is -1.63. The minimum absolute atomic E-state index is 0.103. The third-order valence-electron chi connectivity index (χ3n) is 7.52. The van der Waals surface area contributed by atoms with Crippen molar-refractivity contribution < 1.29 is 14.6 Å². The number of hydrogen-bond acceptors (Lipinski definition) is 5. The Morgan fingerprint density at radius 1 is 1.27 bits per heavy atom. The van der Waals surface area contributed by atoms with Crippen molar-refractivity contribution in [1.29, 1.82) is 0 Å². The maximum Gasteiger partial charge on any atom is 0.222 e. The number of nitrogens with zero attached hydrogens (tertiary/aromatic N) is 1. The molecule has 166 valence electrons. The summed E-state index contributed by atoms with van der Waals surface area (Å²) in [7, 11) is 1.67. The number of hydrazine groups is 1. The van der Waals surface area contributed by atoms with Crippen LogP contribution in [0.3, 0.4) is 0 Å². The molecule has 0 aromatic heterocycles. The van der Waals surface area contributed by atoms with Crippen LogP contribution >= 0.6 is 0 Å². The number of hydrogen-bond donors (Lipinski definition) is 3. The van der Waals surface area contributed by atoms with Crippen LogP contribution in [0.25, 0.3) is 0 Å². The Balaban J connectivity index is 1.34. The Morgan fingerprint density at radius 3 is 2.97 bits per heavy atom. The van der Waals surface area contributed by atoms with Crippen LogP contribution in [0.5, 0.6) is 5.75 Å². The van der Waals surface area contributed by atoms with Gasteiger partial charge in [-0.1, -0.05) is 25.0 Å². The van der Waals surface area contributed by atoms with E-state index in [1.807, 2.05) is 23.1 Å². The Morgan fingerprint density at radius 2 is 2.13 bits per heavy atom. The molecular weight excluding hydrogens is 378 g/mol. The van der Waals surface area contributed by atoms with Gasteiger partial charge in [-0.25, -0.2) is 0 Å².